The van der Waals surface area contributed by atoms with E-state index in [2.05, 4.69) is 30.5 Å². The molecule has 1 atom stereocenters. The van der Waals surface area contributed by atoms with Gasteiger partial charge in [0.15, 0.2) is 0 Å². The lowest BCUT2D eigenvalue weighted by Gasteiger charge is -2.24. The second-order valence-electron chi connectivity index (χ2n) is 3.92. The summed E-state index contributed by atoms with van der Waals surface area (Å²) in [4.78, 5) is 0. The number of hydrazine groups is 1. The van der Waals surface area contributed by atoms with Gasteiger partial charge in [0.2, 0.25) is 0 Å². The summed E-state index contributed by atoms with van der Waals surface area (Å²) in [5, 5.41) is 0. The molecule has 3 N–H and O–H groups in total. The number of fused-ring (bicyclic) bond motifs is 1. The Bertz CT molecular complexity index is 334. The Morgan fingerprint density at radius 2 is 2.40 bits per heavy atom. The minimum absolute atomic E-state index is 0.193. The van der Waals surface area contributed by atoms with Gasteiger partial charge in [0, 0.05) is 11.6 Å². The maximum Gasteiger partial charge on any atom is 0.127 e. The van der Waals surface area contributed by atoms with Crippen molar-refractivity contribution in [3.8, 4) is 5.75 Å². The monoisotopic (exact) mass is 206 g/mol. The molecule has 1 unspecified atom stereocenters. The third-order valence-corrected chi connectivity index (χ3v) is 2.95. The maximum absolute atomic E-state index is 5.74. The van der Waals surface area contributed by atoms with E-state index in [0.29, 0.717) is 0 Å². The summed E-state index contributed by atoms with van der Waals surface area (Å²) >= 11 is 0. The Morgan fingerprint density at radius 3 is 3.13 bits per heavy atom. The third kappa shape index (κ3) is 1.98. The van der Waals surface area contributed by atoms with Gasteiger partial charge in [-0.25, -0.2) is 0 Å². The number of aryl methyl sites for hydroxylation is 1. The Kier molecular flexibility index (Phi) is 3.23. The molecule has 1 aromatic carbocycles. The van der Waals surface area contributed by atoms with Gasteiger partial charge < -0.3 is 4.74 Å². The van der Waals surface area contributed by atoms with Gasteiger partial charge in [-0.15, -0.1) is 0 Å². The van der Waals surface area contributed by atoms with Crippen LogP contribution in [0.2, 0.25) is 0 Å². The first-order valence-electron chi connectivity index (χ1n) is 5.57. The van der Waals surface area contributed by atoms with E-state index in [1.165, 1.54) is 11.1 Å². The Balaban J connectivity index is 2.38. The lowest BCUT2D eigenvalue weighted by molar-refractivity contribution is 0.281. The molecular weight excluding hydrogens is 188 g/mol. The molecule has 0 saturated carbocycles. The lowest BCUT2D eigenvalue weighted by Crippen LogP contribution is -2.28. The number of hydrogen-bond donors (Lipinski definition) is 2. The molecular formula is C12H18N2O. The maximum atomic E-state index is 5.74. The Morgan fingerprint density at radius 1 is 1.53 bits per heavy atom. The Hall–Kier alpha value is -1.06. The number of rotatable bonds is 3. The van der Waals surface area contributed by atoms with Gasteiger partial charge >= 0.3 is 0 Å². The molecule has 0 aromatic heterocycles. The zero-order valence-electron chi connectivity index (χ0n) is 9.12. The summed E-state index contributed by atoms with van der Waals surface area (Å²) in [6.07, 6.45) is 3.20. The minimum atomic E-state index is 0.193. The van der Waals surface area contributed by atoms with Crippen LogP contribution < -0.4 is 16.0 Å². The highest BCUT2D eigenvalue weighted by molar-refractivity contribution is 5.44. The second-order valence-corrected chi connectivity index (χ2v) is 3.92. The van der Waals surface area contributed by atoms with Crippen molar-refractivity contribution >= 4 is 0 Å². The topological polar surface area (TPSA) is 47.3 Å². The van der Waals surface area contributed by atoms with Gasteiger partial charge in [-0.05, 0) is 24.8 Å². The van der Waals surface area contributed by atoms with Crippen LogP contribution in [0.1, 0.15) is 36.9 Å². The molecule has 0 amide bonds. The highest BCUT2D eigenvalue weighted by atomic mass is 16.5. The van der Waals surface area contributed by atoms with Gasteiger partial charge in [-0.1, -0.05) is 25.1 Å². The van der Waals surface area contributed by atoms with Crippen LogP contribution in [0.3, 0.4) is 0 Å². The van der Waals surface area contributed by atoms with E-state index in [9.17, 15) is 0 Å². The fourth-order valence-corrected chi connectivity index (χ4v) is 2.12. The Labute approximate surface area is 90.6 Å². The summed E-state index contributed by atoms with van der Waals surface area (Å²) in [7, 11) is 0. The van der Waals surface area contributed by atoms with E-state index in [1.807, 2.05) is 0 Å². The summed E-state index contributed by atoms with van der Waals surface area (Å²) < 4.78 is 5.74. The lowest BCUT2D eigenvalue weighted by atomic mass is 9.97. The van der Waals surface area contributed by atoms with Crippen LogP contribution in [0.5, 0.6) is 5.75 Å². The van der Waals surface area contributed by atoms with Gasteiger partial charge in [-0.3, -0.25) is 11.3 Å². The zero-order valence-corrected chi connectivity index (χ0v) is 9.12. The van der Waals surface area contributed by atoms with E-state index in [4.69, 9.17) is 10.6 Å². The van der Waals surface area contributed by atoms with Crippen LogP contribution in [0.15, 0.2) is 18.2 Å². The smallest absolute Gasteiger partial charge is 0.127 e. The van der Waals surface area contributed by atoms with Crippen molar-refractivity contribution in [3.63, 3.8) is 0 Å². The van der Waals surface area contributed by atoms with Crippen LogP contribution in [0.25, 0.3) is 0 Å². The zero-order chi connectivity index (χ0) is 10.7. The molecule has 0 fully saturated rings. The summed E-state index contributed by atoms with van der Waals surface area (Å²) in [5.74, 6) is 6.59. The molecule has 82 valence electrons. The number of ether oxygens (including phenoxy) is 1. The molecule has 1 aromatic rings. The van der Waals surface area contributed by atoms with Gasteiger partial charge in [0.25, 0.3) is 0 Å². The van der Waals surface area contributed by atoms with Crippen LogP contribution in [0, 0.1) is 0 Å². The first-order chi connectivity index (χ1) is 7.36. The quantitative estimate of drug-likeness (QED) is 0.587. The van der Waals surface area contributed by atoms with E-state index in [1.54, 1.807) is 0 Å². The van der Waals surface area contributed by atoms with E-state index in [0.717, 1.165) is 31.6 Å². The highest BCUT2D eigenvalue weighted by Gasteiger charge is 2.18. The summed E-state index contributed by atoms with van der Waals surface area (Å²) in [5.41, 5.74) is 5.34. The highest BCUT2D eigenvalue weighted by Crippen LogP contribution is 2.33. The number of para-hydroxylation sites is 1. The van der Waals surface area contributed by atoms with Gasteiger partial charge in [0.05, 0.1) is 6.61 Å². The van der Waals surface area contributed by atoms with Crippen molar-refractivity contribution in [2.75, 3.05) is 6.61 Å². The predicted octanol–water partition coefficient (Wildman–Crippen LogP) is 1.93. The van der Waals surface area contributed by atoms with Crippen LogP contribution in [-0.4, -0.2) is 6.61 Å². The predicted molar refractivity (Wildman–Crippen MR) is 60.6 cm³/mol. The summed E-state index contributed by atoms with van der Waals surface area (Å²) in [6.45, 7) is 2.94. The van der Waals surface area contributed by atoms with Crippen LogP contribution in [-0.2, 0) is 6.42 Å². The molecule has 0 aliphatic carbocycles. The van der Waals surface area contributed by atoms with Crippen LogP contribution in [0.4, 0.5) is 0 Å². The normalized spacial score (nSPS) is 16.7. The second kappa shape index (κ2) is 4.64. The van der Waals surface area contributed by atoms with Gasteiger partial charge in [-0.2, -0.15) is 0 Å². The van der Waals surface area contributed by atoms with Crippen LogP contribution >= 0.6 is 0 Å². The fourth-order valence-electron chi connectivity index (χ4n) is 2.12. The molecule has 0 spiro atoms. The first-order valence-corrected chi connectivity index (χ1v) is 5.57. The molecule has 1 heterocycles. The third-order valence-electron chi connectivity index (χ3n) is 2.95. The van der Waals surface area contributed by atoms with E-state index >= 15 is 0 Å². The molecule has 3 heteroatoms. The number of hydrogen-bond acceptors (Lipinski definition) is 3. The SMILES string of the molecule is CCC(NN)c1cccc2c1OCCC2. The fraction of sp³-hybridized carbons (Fsp3) is 0.500. The average Bonchev–Trinajstić information content (AvgIpc) is 2.31. The van der Waals surface area contributed by atoms with Crippen molar-refractivity contribution < 1.29 is 4.74 Å². The van der Waals surface area contributed by atoms with Crippen molar-refractivity contribution in [2.24, 2.45) is 5.84 Å². The molecule has 3 nitrogen and oxygen atoms in total. The van der Waals surface area contributed by atoms with Crippen molar-refractivity contribution in [1.29, 1.82) is 0 Å². The number of benzene rings is 1. The standard InChI is InChI=1S/C12H18N2O/c1-2-11(14-13)10-7-3-5-9-6-4-8-15-12(9)10/h3,5,7,11,14H,2,4,6,8,13H2,1H3. The van der Waals surface area contributed by atoms with E-state index < -0.39 is 0 Å². The molecule has 1 aliphatic heterocycles. The molecule has 2 rings (SSSR count). The number of nitrogens with one attached hydrogen (secondary N) is 1. The molecule has 0 saturated heterocycles. The number of nitrogens with two attached hydrogens (primary N) is 1. The van der Waals surface area contributed by atoms with Crippen molar-refractivity contribution in [3.05, 3.63) is 29.3 Å². The van der Waals surface area contributed by atoms with Crippen molar-refractivity contribution in [1.82, 2.24) is 5.43 Å². The van der Waals surface area contributed by atoms with Crippen molar-refractivity contribution in [2.45, 2.75) is 32.2 Å². The minimum Gasteiger partial charge on any atom is -0.493 e. The molecule has 0 bridgehead atoms. The molecule has 15 heavy (non-hydrogen) atoms. The first kappa shape index (κ1) is 10.5. The van der Waals surface area contributed by atoms with Gasteiger partial charge in [0.1, 0.15) is 5.75 Å². The molecule has 0 radical (unpaired) electrons. The largest absolute Gasteiger partial charge is 0.493 e. The summed E-state index contributed by atoms with van der Waals surface area (Å²) in [6, 6.07) is 6.51. The average molecular weight is 206 g/mol. The van der Waals surface area contributed by atoms with E-state index in [-0.39, 0.29) is 6.04 Å². The molecule has 1 aliphatic rings.